The lowest BCUT2D eigenvalue weighted by Crippen LogP contribution is -2.40. The first-order valence-electron chi connectivity index (χ1n) is 8.75. The molecular formula is C18H32O2. The number of ether oxygens (including phenoxy) is 1. The smallest absolute Gasteiger partial charge is 0.309 e. The Morgan fingerprint density at radius 1 is 1.15 bits per heavy atom. The average Bonchev–Trinajstić information content (AvgIpc) is 3.05. The van der Waals surface area contributed by atoms with Gasteiger partial charge < -0.3 is 4.74 Å². The van der Waals surface area contributed by atoms with Crippen LogP contribution in [0, 0.1) is 23.7 Å². The van der Waals surface area contributed by atoms with Gasteiger partial charge in [0.2, 0.25) is 0 Å². The molecule has 2 fully saturated rings. The second-order valence-electron chi connectivity index (χ2n) is 7.37. The third kappa shape index (κ3) is 3.04. The first kappa shape index (κ1) is 15.9. The van der Waals surface area contributed by atoms with Crippen LogP contribution in [0.2, 0.25) is 0 Å². The molecule has 3 atom stereocenters. The summed E-state index contributed by atoms with van der Waals surface area (Å²) in [6.07, 6.45) is 9.16. The normalized spacial score (nSPS) is 32.8. The number of rotatable bonds is 5. The molecule has 0 saturated heterocycles. The Morgan fingerprint density at radius 2 is 1.80 bits per heavy atom. The van der Waals surface area contributed by atoms with Crippen molar-refractivity contribution in [3.05, 3.63) is 0 Å². The fourth-order valence-electron chi connectivity index (χ4n) is 4.36. The summed E-state index contributed by atoms with van der Waals surface area (Å²) in [5.74, 6) is 2.01. The van der Waals surface area contributed by atoms with E-state index in [2.05, 4.69) is 27.7 Å². The van der Waals surface area contributed by atoms with Crippen LogP contribution in [0.4, 0.5) is 0 Å². The highest BCUT2D eigenvalue weighted by Crippen LogP contribution is 2.44. The lowest BCUT2D eigenvalue weighted by Gasteiger charge is -2.35. The Kier molecular flexibility index (Phi) is 5.14. The lowest BCUT2D eigenvalue weighted by molar-refractivity contribution is -0.171. The minimum Gasteiger partial charge on any atom is -0.459 e. The number of hydrogen-bond donors (Lipinski definition) is 0. The molecule has 2 aliphatic carbocycles. The molecule has 2 saturated carbocycles. The average molecular weight is 280 g/mol. The van der Waals surface area contributed by atoms with E-state index in [1.165, 1.54) is 25.7 Å². The predicted octanol–water partition coefficient (Wildman–Crippen LogP) is 4.96. The molecule has 3 unspecified atom stereocenters. The summed E-state index contributed by atoms with van der Waals surface area (Å²) in [7, 11) is 0. The van der Waals surface area contributed by atoms with Gasteiger partial charge in [-0.05, 0) is 56.3 Å². The number of carbonyl (C=O) groups is 1. The van der Waals surface area contributed by atoms with Crippen molar-refractivity contribution in [1.29, 1.82) is 0 Å². The van der Waals surface area contributed by atoms with Crippen molar-refractivity contribution >= 4 is 5.97 Å². The maximum absolute atomic E-state index is 12.7. The van der Waals surface area contributed by atoms with Crippen LogP contribution < -0.4 is 0 Å². The molecule has 20 heavy (non-hydrogen) atoms. The van der Waals surface area contributed by atoms with Gasteiger partial charge in [0, 0.05) is 0 Å². The van der Waals surface area contributed by atoms with Crippen LogP contribution >= 0.6 is 0 Å². The molecule has 0 amide bonds. The zero-order valence-electron chi connectivity index (χ0n) is 13.8. The molecule has 0 radical (unpaired) electrons. The molecular weight excluding hydrogens is 248 g/mol. The Bertz CT molecular complexity index is 328. The van der Waals surface area contributed by atoms with E-state index in [-0.39, 0.29) is 17.5 Å². The van der Waals surface area contributed by atoms with Crippen LogP contribution in [0.1, 0.15) is 79.1 Å². The Morgan fingerprint density at radius 3 is 2.30 bits per heavy atom. The van der Waals surface area contributed by atoms with Crippen LogP contribution in [0.3, 0.4) is 0 Å². The first-order chi connectivity index (χ1) is 9.52. The molecule has 0 aliphatic heterocycles. The van der Waals surface area contributed by atoms with Gasteiger partial charge in [0.15, 0.2) is 0 Å². The molecule has 2 nitrogen and oxygen atoms in total. The molecule has 2 rings (SSSR count). The minimum atomic E-state index is -0.153. The standard InChI is InChI=1S/C18H32O2/c1-5-14-11-15(6-2)16(12-14)17(19)20-18(13(3)4)9-7-8-10-18/h13-16H,5-12H2,1-4H3. The molecule has 0 N–H and O–H groups in total. The van der Waals surface area contributed by atoms with Gasteiger partial charge in [-0.1, -0.05) is 40.5 Å². The van der Waals surface area contributed by atoms with Crippen molar-refractivity contribution in [3.8, 4) is 0 Å². The van der Waals surface area contributed by atoms with Crippen LogP contribution in [0.5, 0.6) is 0 Å². The van der Waals surface area contributed by atoms with E-state index < -0.39 is 0 Å². The number of carbonyl (C=O) groups excluding carboxylic acids is 1. The Balaban J connectivity index is 2.03. The molecule has 2 heteroatoms. The van der Waals surface area contributed by atoms with Gasteiger partial charge in [-0.15, -0.1) is 0 Å². The highest BCUT2D eigenvalue weighted by Gasteiger charge is 2.44. The summed E-state index contributed by atoms with van der Waals surface area (Å²) in [5, 5.41) is 0. The first-order valence-corrected chi connectivity index (χ1v) is 8.75. The summed E-state index contributed by atoms with van der Waals surface area (Å²) in [5.41, 5.74) is -0.153. The summed E-state index contributed by atoms with van der Waals surface area (Å²) in [4.78, 5) is 12.7. The van der Waals surface area contributed by atoms with E-state index in [0.29, 0.717) is 11.8 Å². The zero-order valence-corrected chi connectivity index (χ0v) is 13.8. The quantitative estimate of drug-likeness (QED) is 0.665. The van der Waals surface area contributed by atoms with E-state index in [1.54, 1.807) is 0 Å². The molecule has 0 aromatic rings. The van der Waals surface area contributed by atoms with Gasteiger partial charge in [0.25, 0.3) is 0 Å². The molecule has 0 heterocycles. The van der Waals surface area contributed by atoms with Crippen LogP contribution in [0.25, 0.3) is 0 Å². The molecule has 0 spiro atoms. The topological polar surface area (TPSA) is 26.3 Å². The second kappa shape index (κ2) is 6.49. The third-order valence-electron chi connectivity index (χ3n) is 6.00. The fourth-order valence-corrected chi connectivity index (χ4v) is 4.36. The van der Waals surface area contributed by atoms with Crippen LogP contribution in [-0.4, -0.2) is 11.6 Å². The summed E-state index contributed by atoms with van der Waals surface area (Å²) in [6.45, 7) is 8.88. The predicted molar refractivity (Wildman–Crippen MR) is 82.4 cm³/mol. The van der Waals surface area contributed by atoms with E-state index in [4.69, 9.17) is 4.74 Å². The third-order valence-corrected chi connectivity index (χ3v) is 6.00. The largest absolute Gasteiger partial charge is 0.459 e. The summed E-state index contributed by atoms with van der Waals surface area (Å²) < 4.78 is 6.13. The molecule has 0 aromatic carbocycles. The van der Waals surface area contributed by atoms with Crippen LogP contribution in [0.15, 0.2) is 0 Å². The van der Waals surface area contributed by atoms with Gasteiger partial charge in [-0.2, -0.15) is 0 Å². The number of esters is 1. The maximum atomic E-state index is 12.7. The highest BCUT2D eigenvalue weighted by molar-refractivity contribution is 5.73. The van der Waals surface area contributed by atoms with Crippen molar-refractivity contribution in [2.75, 3.05) is 0 Å². The van der Waals surface area contributed by atoms with Crippen molar-refractivity contribution in [1.82, 2.24) is 0 Å². The van der Waals surface area contributed by atoms with Crippen molar-refractivity contribution in [2.45, 2.75) is 84.7 Å². The molecule has 116 valence electrons. The molecule has 2 aliphatic rings. The maximum Gasteiger partial charge on any atom is 0.309 e. The van der Waals surface area contributed by atoms with E-state index in [1.807, 2.05) is 0 Å². The zero-order chi connectivity index (χ0) is 14.8. The SMILES string of the molecule is CCC1CC(CC)C(C(=O)OC2(C(C)C)CCCC2)C1. The fraction of sp³-hybridized carbons (Fsp3) is 0.944. The number of hydrogen-bond acceptors (Lipinski definition) is 2. The van der Waals surface area contributed by atoms with Gasteiger partial charge in [0.1, 0.15) is 5.60 Å². The second-order valence-corrected chi connectivity index (χ2v) is 7.37. The summed E-state index contributed by atoms with van der Waals surface area (Å²) >= 11 is 0. The summed E-state index contributed by atoms with van der Waals surface area (Å²) in [6, 6.07) is 0. The minimum absolute atomic E-state index is 0.114. The van der Waals surface area contributed by atoms with Crippen LogP contribution in [-0.2, 0) is 9.53 Å². The Hall–Kier alpha value is -0.530. The van der Waals surface area contributed by atoms with E-state index >= 15 is 0 Å². The molecule has 0 aromatic heterocycles. The van der Waals surface area contributed by atoms with Gasteiger partial charge in [-0.3, -0.25) is 4.79 Å². The van der Waals surface area contributed by atoms with E-state index in [9.17, 15) is 4.79 Å². The van der Waals surface area contributed by atoms with Gasteiger partial charge >= 0.3 is 5.97 Å². The van der Waals surface area contributed by atoms with E-state index in [0.717, 1.165) is 31.6 Å². The van der Waals surface area contributed by atoms with Gasteiger partial charge in [0.05, 0.1) is 5.92 Å². The van der Waals surface area contributed by atoms with Crippen molar-refractivity contribution < 1.29 is 9.53 Å². The van der Waals surface area contributed by atoms with Gasteiger partial charge in [-0.25, -0.2) is 0 Å². The molecule has 0 bridgehead atoms. The van der Waals surface area contributed by atoms with Crippen molar-refractivity contribution in [3.63, 3.8) is 0 Å². The monoisotopic (exact) mass is 280 g/mol. The van der Waals surface area contributed by atoms with Crippen molar-refractivity contribution in [2.24, 2.45) is 23.7 Å². The lowest BCUT2D eigenvalue weighted by atomic mass is 9.87. The Labute approximate surface area is 124 Å². The highest BCUT2D eigenvalue weighted by atomic mass is 16.6.